The molecule has 1 aromatic heterocycles. The average Bonchev–Trinajstić information content (AvgIpc) is 2.54. The van der Waals surface area contributed by atoms with E-state index in [1.165, 1.54) is 4.57 Å². The predicted molar refractivity (Wildman–Crippen MR) is 96.5 cm³/mol. The molecule has 0 fully saturated rings. The number of nitrogens with zero attached hydrogens (tertiary/aromatic N) is 2. The molecule has 2 rings (SSSR count). The second-order valence-corrected chi connectivity index (χ2v) is 6.33. The molecule has 24 heavy (non-hydrogen) atoms. The van der Waals surface area contributed by atoms with Crippen LogP contribution in [0.15, 0.2) is 35.3 Å². The van der Waals surface area contributed by atoms with Crippen molar-refractivity contribution in [1.29, 1.82) is 0 Å². The van der Waals surface area contributed by atoms with Crippen LogP contribution in [0.4, 0.5) is 0 Å². The second-order valence-electron chi connectivity index (χ2n) is 6.33. The van der Waals surface area contributed by atoms with Crippen LogP contribution in [0, 0.1) is 0 Å². The Labute approximate surface area is 142 Å². The van der Waals surface area contributed by atoms with Gasteiger partial charge in [0.2, 0.25) is 5.91 Å². The lowest BCUT2D eigenvalue weighted by Crippen LogP contribution is -2.34. The number of hydrogen-bond donors (Lipinski definition) is 0. The van der Waals surface area contributed by atoms with E-state index in [0.29, 0.717) is 11.9 Å². The SMILES string of the molecule is CCCCN(C)C(=O)Cn1ccc2cc(OC(C)C)ccc2c1=O. The van der Waals surface area contributed by atoms with Gasteiger partial charge in [0, 0.05) is 25.2 Å². The molecule has 130 valence electrons. The Bertz CT molecular complexity index is 765. The lowest BCUT2D eigenvalue weighted by molar-refractivity contribution is -0.130. The Morgan fingerprint density at radius 1 is 1.29 bits per heavy atom. The summed E-state index contributed by atoms with van der Waals surface area (Å²) in [5.41, 5.74) is -0.152. The molecule has 5 heteroatoms. The number of benzene rings is 1. The quantitative estimate of drug-likeness (QED) is 0.784. The number of hydrogen-bond acceptors (Lipinski definition) is 3. The van der Waals surface area contributed by atoms with Gasteiger partial charge in [0.15, 0.2) is 0 Å². The molecule has 0 saturated heterocycles. The summed E-state index contributed by atoms with van der Waals surface area (Å²) in [5, 5.41) is 1.42. The molecule has 0 aliphatic heterocycles. The van der Waals surface area contributed by atoms with E-state index in [4.69, 9.17) is 4.74 Å². The molecule has 0 N–H and O–H groups in total. The van der Waals surface area contributed by atoms with Gasteiger partial charge in [-0.3, -0.25) is 9.59 Å². The zero-order chi connectivity index (χ0) is 17.7. The maximum absolute atomic E-state index is 12.6. The average molecular weight is 330 g/mol. The highest BCUT2D eigenvalue weighted by molar-refractivity contribution is 5.83. The second kappa shape index (κ2) is 7.99. The highest BCUT2D eigenvalue weighted by atomic mass is 16.5. The van der Waals surface area contributed by atoms with Crippen LogP contribution in [-0.2, 0) is 11.3 Å². The number of ether oxygens (including phenoxy) is 1. The Balaban J connectivity index is 2.22. The van der Waals surface area contributed by atoms with Crippen molar-refractivity contribution in [1.82, 2.24) is 9.47 Å². The van der Waals surface area contributed by atoms with Crippen molar-refractivity contribution in [2.24, 2.45) is 0 Å². The Morgan fingerprint density at radius 3 is 2.71 bits per heavy atom. The van der Waals surface area contributed by atoms with E-state index in [1.54, 1.807) is 30.3 Å². The minimum atomic E-state index is -0.152. The van der Waals surface area contributed by atoms with Crippen LogP contribution in [-0.4, -0.2) is 35.1 Å². The van der Waals surface area contributed by atoms with Crippen molar-refractivity contribution >= 4 is 16.7 Å². The molecule has 1 heterocycles. The molecule has 2 aromatic rings. The van der Waals surface area contributed by atoms with Gasteiger partial charge < -0.3 is 14.2 Å². The summed E-state index contributed by atoms with van der Waals surface area (Å²) >= 11 is 0. The van der Waals surface area contributed by atoms with E-state index < -0.39 is 0 Å². The monoisotopic (exact) mass is 330 g/mol. The van der Waals surface area contributed by atoms with Gasteiger partial charge in [-0.1, -0.05) is 13.3 Å². The fraction of sp³-hybridized carbons (Fsp3) is 0.474. The van der Waals surface area contributed by atoms with E-state index in [2.05, 4.69) is 6.92 Å². The third kappa shape index (κ3) is 4.37. The summed E-state index contributed by atoms with van der Waals surface area (Å²) in [6, 6.07) is 7.26. The van der Waals surface area contributed by atoms with Gasteiger partial charge in [0.25, 0.3) is 5.56 Å². The Hall–Kier alpha value is -2.30. The Morgan fingerprint density at radius 2 is 2.04 bits per heavy atom. The molecule has 5 nitrogen and oxygen atoms in total. The Kier molecular flexibility index (Phi) is 6.01. The summed E-state index contributed by atoms with van der Waals surface area (Å²) in [6.45, 7) is 6.79. The van der Waals surface area contributed by atoms with Gasteiger partial charge in [-0.2, -0.15) is 0 Å². The number of likely N-dealkylation sites (N-methyl/N-ethyl adjacent to an activating group) is 1. The van der Waals surface area contributed by atoms with Crippen molar-refractivity contribution in [3.63, 3.8) is 0 Å². The van der Waals surface area contributed by atoms with Gasteiger partial charge >= 0.3 is 0 Å². The number of pyridine rings is 1. The normalized spacial score (nSPS) is 11.0. The van der Waals surface area contributed by atoms with E-state index in [-0.39, 0.29) is 24.1 Å². The van der Waals surface area contributed by atoms with Gasteiger partial charge in [0.1, 0.15) is 12.3 Å². The van der Waals surface area contributed by atoms with E-state index in [9.17, 15) is 9.59 Å². The molecular weight excluding hydrogens is 304 g/mol. The van der Waals surface area contributed by atoms with Crippen LogP contribution in [0.25, 0.3) is 10.8 Å². The smallest absolute Gasteiger partial charge is 0.258 e. The molecule has 0 unspecified atom stereocenters. The molecule has 1 amide bonds. The minimum absolute atomic E-state index is 0.0512. The van der Waals surface area contributed by atoms with Gasteiger partial charge in [-0.05, 0) is 49.9 Å². The highest BCUT2D eigenvalue weighted by Crippen LogP contribution is 2.19. The zero-order valence-corrected chi connectivity index (χ0v) is 14.9. The van der Waals surface area contributed by atoms with Crippen molar-refractivity contribution in [2.45, 2.75) is 46.3 Å². The topological polar surface area (TPSA) is 51.5 Å². The van der Waals surface area contributed by atoms with E-state index >= 15 is 0 Å². The summed E-state index contributed by atoms with van der Waals surface area (Å²) in [6.07, 6.45) is 3.76. The third-order valence-electron chi connectivity index (χ3n) is 3.90. The lowest BCUT2D eigenvalue weighted by atomic mass is 10.1. The molecule has 0 bridgehead atoms. The van der Waals surface area contributed by atoms with Crippen molar-refractivity contribution in [3.8, 4) is 5.75 Å². The molecule has 0 spiro atoms. The fourth-order valence-corrected chi connectivity index (χ4v) is 2.52. The number of fused-ring (bicyclic) bond motifs is 1. The van der Waals surface area contributed by atoms with Gasteiger partial charge in [0.05, 0.1) is 6.10 Å². The van der Waals surface area contributed by atoms with E-state index in [0.717, 1.165) is 24.0 Å². The van der Waals surface area contributed by atoms with Crippen LogP contribution in [0.5, 0.6) is 5.75 Å². The zero-order valence-electron chi connectivity index (χ0n) is 14.9. The molecule has 1 aromatic carbocycles. The number of aromatic nitrogens is 1. The first-order chi connectivity index (χ1) is 11.4. The molecular formula is C19H26N2O3. The summed E-state index contributed by atoms with van der Waals surface area (Å²) in [5.74, 6) is 0.690. The summed E-state index contributed by atoms with van der Waals surface area (Å²) in [7, 11) is 1.78. The maximum Gasteiger partial charge on any atom is 0.258 e. The first-order valence-corrected chi connectivity index (χ1v) is 8.46. The van der Waals surface area contributed by atoms with Crippen molar-refractivity contribution in [3.05, 3.63) is 40.8 Å². The van der Waals surface area contributed by atoms with Gasteiger partial charge in [-0.15, -0.1) is 0 Å². The summed E-state index contributed by atoms with van der Waals surface area (Å²) < 4.78 is 7.12. The van der Waals surface area contributed by atoms with Crippen molar-refractivity contribution < 1.29 is 9.53 Å². The first kappa shape index (κ1) is 18.0. The summed E-state index contributed by atoms with van der Waals surface area (Å²) in [4.78, 5) is 26.5. The largest absolute Gasteiger partial charge is 0.491 e. The van der Waals surface area contributed by atoms with Crippen LogP contribution in [0.1, 0.15) is 33.6 Å². The predicted octanol–water partition coefficient (Wildman–Crippen LogP) is 3.05. The van der Waals surface area contributed by atoms with Crippen LogP contribution < -0.4 is 10.3 Å². The number of carbonyl (C=O) groups is 1. The molecule has 0 radical (unpaired) electrons. The molecule has 0 atom stereocenters. The third-order valence-corrected chi connectivity index (χ3v) is 3.90. The molecule has 0 saturated carbocycles. The van der Waals surface area contributed by atoms with Crippen LogP contribution in [0.3, 0.4) is 0 Å². The van der Waals surface area contributed by atoms with E-state index in [1.807, 2.05) is 26.0 Å². The molecule has 0 aliphatic rings. The van der Waals surface area contributed by atoms with Crippen molar-refractivity contribution in [2.75, 3.05) is 13.6 Å². The number of carbonyl (C=O) groups excluding carboxylic acids is 1. The first-order valence-electron chi connectivity index (χ1n) is 8.46. The maximum atomic E-state index is 12.6. The number of amides is 1. The van der Waals surface area contributed by atoms with Gasteiger partial charge in [-0.25, -0.2) is 0 Å². The standard InChI is InChI=1S/C19H26N2O3/c1-5-6-10-20(4)18(22)13-21-11-9-15-12-16(24-14(2)3)7-8-17(15)19(21)23/h7-9,11-12,14H,5-6,10,13H2,1-4H3. The fourth-order valence-electron chi connectivity index (χ4n) is 2.52. The molecule has 0 aliphatic carbocycles. The number of rotatable bonds is 7. The lowest BCUT2D eigenvalue weighted by Gasteiger charge is -2.17. The van der Waals surface area contributed by atoms with Crippen LogP contribution >= 0.6 is 0 Å². The number of unbranched alkanes of at least 4 members (excludes halogenated alkanes) is 1. The highest BCUT2D eigenvalue weighted by Gasteiger charge is 2.11. The minimum Gasteiger partial charge on any atom is -0.491 e. The van der Waals surface area contributed by atoms with Crippen LogP contribution in [0.2, 0.25) is 0 Å².